The molecule has 6 heteroatoms. The van der Waals surface area contributed by atoms with Crippen LogP contribution >= 0.6 is 11.6 Å². The number of carboxylic acid groups (broad SMARTS) is 1. The predicted octanol–water partition coefficient (Wildman–Crippen LogP) is 2.53. The maximum Gasteiger partial charge on any atom is 0.304 e. The summed E-state index contributed by atoms with van der Waals surface area (Å²) < 4.78 is 0. The normalized spacial score (nSPS) is 12.1. The van der Waals surface area contributed by atoms with Crippen LogP contribution in [0.15, 0.2) is 18.2 Å². The molecule has 1 atom stereocenters. The van der Waals surface area contributed by atoms with Crippen molar-refractivity contribution in [3.05, 3.63) is 39.4 Å². The molecule has 0 saturated carbocycles. The summed E-state index contributed by atoms with van der Waals surface area (Å²) in [7, 11) is 0. The lowest BCUT2D eigenvalue weighted by molar-refractivity contribution is -0.385. The quantitative estimate of drug-likeness (QED) is 0.499. The highest BCUT2D eigenvalue weighted by molar-refractivity contribution is 6.21. The second kappa shape index (κ2) is 5.63. The number of nitrogens with zero attached hydrogens (tertiary/aromatic N) is 1. The van der Waals surface area contributed by atoms with Gasteiger partial charge in [-0.1, -0.05) is 12.1 Å². The first-order valence-corrected chi connectivity index (χ1v) is 5.43. The van der Waals surface area contributed by atoms with Crippen LogP contribution in [-0.2, 0) is 11.2 Å². The van der Waals surface area contributed by atoms with E-state index in [1.807, 2.05) is 0 Å². The number of nitro groups is 1. The maximum atomic E-state index is 10.7. The first-order valence-electron chi connectivity index (χ1n) is 5.00. The molecule has 0 spiro atoms. The van der Waals surface area contributed by atoms with Gasteiger partial charge in [-0.15, -0.1) is 11.6 Å². The third-order valence-corrected chi connectivity index (χ3v) is 2.63. The Balaban J connectivity index is 2.82. The lowest BCUT2D eigenvalue weighted by Crippen LogP contribution is -2.10. The highest BCUT2D eigenvalue weighted by Crippen LogP contribution is 2.21. The van der Waals surface area contributed by atoms with E-state index >= 15 is 0 Å². The van der Waals surface area contributed by atoms with E-state index in [0.717, 1.165) is 0 Å². The molecule has 0 radical (unpaired) electrons. The van der Waals surface area contributed by atoms with E-state index in [4.69, 9.17) is 16.7 Å². The molecule has 0 aliphatic carbocycles. The molecule has 0 aromatic heterocycles. The zero-order valence-electron chi connectivity index (χ0n) is 9.22. The van der Waals surface area contributed by atoms with Crippen LogP contribution in [0.3, 0.4) is 0 Å². The highest BCUT2D eigenvalue weighted by atomic mass is 35.5. The molecule has 0 aliphatic rings. The smallest absolute Gasteiger partial charge is 0.304 e. The fraction of sp³-hybridized carbons (Fsp3) is 0.364. The lowest BCUT2D eigenvalue weighted by atomic mass is 10.0. The fourth-order valence-electron chi connectivity index (χ4n) is 1.50. The first-order chi connectivity index (χ1) is 7.90. The van der Waals surface area contributed by atoms with Crippen molar-refractivity contribution < 1.29 is 14.8 Å². The molecular formula is C11H12ClNO4. The Morgan fingerprint density at radius 3 is 2.76 bits per heavy atom. The van der Waals surface area contributed by atoms with Crippen LogP contribution in [0, 0.1) is 17.0 Å². The minimum Gasteiger partial charge on any atom is -0.481 e. The summed E-state index contributed by atoms with van der Waals surface area (Å²) in [5.41, 5.74) is 1.27. The van der Waals surface area contributed by atoms with E-state index in [0.29, 0.717) is 17.5 Å². The Hall–Kier alpha value is -1.62. The molecule has 17 heavy (non-hydrogen) atoms. The fourth-order valence-corrected chi connectivity index (χ4v) is 1.81. The van der Waals surface area contributed by atoms with Crippen molar-refractivity contribution in [3.8, 4) is 0 Å². The van der Waals surface area contributed by atoms with E-state index in [9.17, 15) is 14.9 Å². The van der Waals surface area contributed by atoms with Gasteiger partial charge in [0.15, 0.2) is 0 Å². The molecule has 1 aromatic carbocycles. The molecule has 0 saturated heterocycles. The summed E-state index contributed by atoms with van der Waals surface area (Å²) in [5.74, 6) is -0.980. The van der Waals surface area contributed by atoms with Crippen LogP contribution in [0.4, 0.5) is 5.69 Å². The summed E-state index contributed by atoms with van der Waals surface area (Å²) in [6, 6.07) is 4.80. The number of rotatable bonds is 5. The van der Waals surface area contributed by atoms with Gasteiger partial charge in [0.05, 0.1) is 11.3 Å². The number of hydrogen-bond acceptors (Lipinski definition) is 3. The zero-order chi connectivity index (χ0) is 13.0. The van der Waals surface area contributed by atoms with Gasteiger partial charge in [0.25, 0.3) is 5.69 Å². The number of carbonyl (C=O) groups is 1. The third kappa shape index (κ3) is 4.03. The summed E-state index contributed by atoms with van der Waals surface area (Å²) in [6.07, 6.45) is 0.137. The van der Waals surface area contributed by atoms with Crippen LogP contribution in [0.25, 0.3) is 0 Å². The van der Waals surface area contributed by atoms with Crippen molar-refractivity contribution in [2.45, 2.75) is 25.1 Å². The Morgan fingerprint density at radius 1 is 1.59 bits per heavy atom. The van der Waals surface area contributed by atoms with Gasteiger partial charge in [-0.2, -0.15) is 0 Å². The van der Waals surface area contributed by atoms with Crippen LogP contribution in [0.2, 0.25) is 0 Å². The van der Waals surface area contributed by atoms with Gasteiger partial charge >= 0.3 is 5.97 Å². The number of benzene rings is 1. The van der Waals surface area contributed by atoms with Crippen molar-refractivity contribution in [2.75, 3.05) is 0 Å². The van der Waals surface area contributed by atoms with E-state index in [2.05, 4.69) is 0 Å². The Bertz CT molecular complexity index is 447. The molecule has 92 valence electrons. The van der Waals surface area contributed by atoms with E-state index in [-0.39, 0.29) is 12.1 Å². The van der Waals surface area contributed by atoms with Gasteiger partial charge in [-0.25, -0.2) is 0 Å². The van der Waals surface area contributed by atoms with Crippen molar-refractivity contribution in [3.63, 3.8) is 0 Å². The number of aliphatic carboxylic acids is 1. The second-order valence-electron chi connectivity index (χ2n) is 3.78. The van der Waals surface area contributed by atoms with Gasteiger partial charge in [-0.3, -0.25) is 14.9 Å². The van der Waals surface area contributed by atoms with Gasteiger partial charge in [0.1, 0.15) is 0 Å². The largest absolute Gasteiger partial charge is 0.481 e. The number of hydrogen-bond donors (Lipinski definition) is 1. The monoisotopic (exact) mass is 257 g/mol. The van der Waals surface area contributed by atoms with Gasteiger partial charge in [0, 0.05) is 17.0 Å². The van der Waals surface area contributed by atoms with Crippen molar-refractivity contribution in [2.24, 2.45) is 0 Å². The second-order valence-corrected chi connectivity index (χ2v) is 4.39. The van der Waals surface area contributed by atoms with Crippen LogP contribution in [-0.4, -0.2) is 21.4 Å². The lowest BCUT2D eigenvalue weighted by Gasteiger charge is -2.07. The van der Waals surface area contributed by atoms with Crippen molar-refractivity contribution in [1.29, 1.82) is 0 Å². The number of nitro benzene ring substituents is 1. The molecule has 0 heterocycles. The van der Waals surface area contributed by atoms with Gasteiger partial charge in [-0.05, 0) is 18.9 Å². The van der Waals surface area contributed by atoms with Gasteiger partial charge < -0.3 is 5.11 Å². The van der Waals surface area contributed by atoms with Crippen LogP contribution in [0.5, 0.6) is 0 Å². The third-order valence-electron chi connectivity index (χ3n) is 2.32. The summed E-state index contributed by atoms with van der Waals surface area (Å²) in [4.78, 5) is 20.7. The summed E-state index contributed by atoms with van der Waals surface area (Å²) in [6.45, 7) is 1.65. The standard InChI is InChI=1S/C11H12ClNO4/c1-7-2-3-8(5-10(7)13(16)17)4-9(12)6-11(14)15/h2-3,5,9H,4,6H2,1H3,(H,14,15). The van der Waals surface area contributed by atoms with Crippen molar-refractivity contribution in [1.82, 2.24) is 0 Å². The molecule has 0 aliphatic heterocycles. The minimum atomic E-state index is -0.980. The number of alkyl halides is 1. The van der Waals surface area contributed by atoms with E-state index < -0.39 is 16.3 Å². The molecule has 1 unspecified atom stereocenters. The zero-order valence-corrected chi connectivity index (χ0v) is 9.98. The highest BCUT2D eigenvalue weighted by Gasteiger charge is 2.15. The first kappa shape index (κ1) is 13.4. The van der Waals surface area contributed by atoms with Crippen LogP contribution < -0.4 is 0 Å². The molecule has 1 aromatic rings. The molecule has 1 rings (SSSR count). The SMILES string of the molecule is Cc1ccc(CC(Cl)CC(=O)O)cc1[N+](=O)[O-]. The Morgan fingerprint density at radius 2 is 2.24 bits per heavy atom. The topological polar surface area (TPSA) is 80.4 Å². The summed E-state index contributed by atoms with van der Waals surface area (Å²) in [5, 5.41) is 18.7. The minimum absolute atomic E-state index is 0.0293. The average Bonchev–Trinajstić information content (AvgIpc) is 2.19. The maximum absolute atomic E-state index is 10.7. The Kier molecular flexibility index (Phi) is 4.45. The van der Waals surface area contributed by atoms with Gasteiger partial charge in [0.2, 0.25) is 0 Å². The molecule has 1 N–H and O–H groups in total. The molecule has 0 amide bonds. The number of carboxylic acids is 1. The van der Waals surface area contributed by atoms with Crippen molar-refractivity contribution >= 4 is 23.3 Å². The summed E-state index contributed by atoms with van der Waals surface area (Å²) >= 11 is 5.83. The molecule has 5 nitrogen and oxygen atoms in total. The number of halogens is 1. The Labute approximate surface area is 103 Å². The van der Waals surface area contributed by atoms with Crippen LogP contribution in [0.1, 0.15) is 17.5 Å². The molecule has 0 fully saturated rings. The van der Waals surface area contributed by atoms with E-state index in [1.54, 1.807) is 19.1 Å². The molecular weight excluding hydrogens is 246 g/mol. The predicted molar refractivity (Wildman–Crippen MR) is 63.4 cm³/mol. The molecule has 0 bridgehead atoms. The average molecular weight is 258 g/mol. The number of aryl methyl sites for hydroxylation is 1. The van der Waals surface area contributed by atoms with E-state index in [1.165, 1.54) is 6.07 Å².